The van der Waals surface area contributed by atoms with Crippen molar-refractivity contribution >= 4 is 50.5 Å². The molecule has 1 unspecified atom stereocenters. The maximum atomic E-state index is 11.3. The van der Waals surface area contributed by atoms with Gasteiger partial charge in [-0.2, -0.15) is 0 Å². The number of nitro benzene ring substituents is 1. The van der Waals surface area contributed by atoms with E-state index in [1.807, 2.05) is 13.0 Å². The third-order valence-corrected chi connectivity index (χ3v) is 5.14. The molecule has 0 amide bonds. The summed E-state index contributed by atoms with van der Waals surface area (Å²) in [5.41, 5.74) is 2.03. The fraction of sp³-hybridized carbons (Fsp3) is 0.235. The van der Waals surface area contributed by atoms with E-state index in [9.17, 15) is 10.1 Å². The lowest BCUT2D eigenvalue weighted by atomic mass is 9.89. The highest BCUT2D eigenvalue weighted by atomic mass is 79.9. The van der Waals surface area contributed by atoms with Crippen molar-refractivity contribution in [3.05, 3.63) is 73.2 Å². The van der Waals surface area contributed by atoms with E-state index in [2.05, 4.69) is 21.1 Å². The van der Waals surface area contributed by atoms with Crippen molar-refractivity contribution in [2.75, 3.05) is 0 Å². The van der Waals surface area contributed by atoms with E-state index in [4.69, 9.17) is 28.0 Å². The van der Waals surface area contributed by atoms with Gasteiger partial charge in [0.1, 0.15) is 0 Å². The summed E-state index contributed by atoms with van der Waals surface area (Å²) in [5, 5.41) is 16.8. The average molecular weight is 444 g/mol. The van der Waals surface area contributed by atoms with E-state index in [0.717, 1.165) is 5.56 Å². The molecule has 0 saturated heterocycles. The number of nitrogens with zero attached hydrogens (tertiary/aromatic N) is 2. The van der Waals surface area contributed by atoms with Gasteiger partial charge in [-0.05, 0) is 25.1 Å². The summed E-state index contributed by atoms with van der Waals surface area (Å²) in [5.74, 6) is 0. The van der Waals surface area contributed by atoms with E-state index in [1.165, 1.54) is 6.07 Å². The molecule has 3 rings (SSSR count). The Labute approximate surface area is 162 Å². The predicted molar refractivity (Wildman–Crippen MR) is 102 cm³/mol. The van der Waals surface area contributed by atoms with Crippen molar-refractivity contribution in [1.82, 2.24) is 0 Å². The van der Waals surface area contributed by atoms with Crippen LogP contribution in [0.25, 0.3) is 0 Å². The molecule has 0 N–H and O–H groups in total. The summed E-state index contributed by atoms with van der Waals surface area (Å²) in [6.07, 6.45) is 0.453. The van der Waals surface area contributed by atoms with Gasteiger partial charge in [-0.3, -0.25) is 10.1 Å². The molecule has 0 aliphatic carbocycles. The first kappa shape index (κ1) is 18.2. The van der Waals surface area contributed by atoms with Crippen molar-refractivity contribution in [3.63, 3.8) is 0 Å². The molecule has 1 heterocycles. The fourth-order valence-electron chi connectivity index (χ4n) is 2.73. The smallest absolute Gasteiger partial charge is 0.274 e. The van der Waals surface area contributed by atoms with Gasteiger partial charge in [-0.15, -0.1) is 0 Å². The summed E-state index contributed by atoms with van der Waals surface area (Å²) in [6, 6.07) is 10.3. The fourth-order valence-corrected chi connectivity index (χ4v) is 3.74. The number of hydrogen-bond acceptors (Lipinski definition) is 4. The molecular weight excluding hydrogens is 431 g/mol. The Morgan fingerprint density at radius 2 is 1.96 bits per heavy atom. The van der Waals surface area contributed by atoms with Gasteiger partial charge in [0.15, 0.2) is 5.60 Å². The maximum absolute atomic E-state index is 11.3. The van der Waals surface area contributed by atoms with Gasteiger partial charge >= 0.3 is 0 Å². The number of rotatable bonds is 4. The van der Waals surface area contributed by atoms with Crippen LogP contribution in [-0.4, -0.2) is 10.6 Å². The van der Waals surface area contributed by atoms with Crippen LogP contribution in [0.4, 0.5) is 5.69 Å². The zero-order valence-electron chi connectivity index (χ0n) is 13.1. The second-order valence-electron chi connectivity index (χ2n) is 5.93. The summed E-state index contributed by atoms with van der Waals surface area (Å²) in [4.78, 5) is 16.5. The van der Waals surface area contributed by atoms with E-state index in [-0.39, 0.29) is 5.69 Å². The Balaban J connectivity index is 1.92. The van der Waals surface area contributed by atoms with Crippen LogP contribution < -0.4 is 0 Å². The number of oxime groups is 1. The normalized spacial score (nSPS) is 19.4. The van der Waals surface area contributed by atoms with Crippen LogP contribution >= 0.6 is 39.1 Å². The summed E-state index contributed by atoms with van der Waals surface area (Å²) in [7, 11) is 0. The largest absolute Gasteiger partial charge is 0.384 e. The summed E-state index contributed by atoms with van der Waals surface area (Å²) in [6.45, 7) is 1.88. The van der Waals surface area contributed by atoms with Gasteiger partial charge in [0.25, 0.3) is 5.69 Å². The van der Waals surface area contributed by atoms with Crippen LogP contribution in [0.2, 0.25) is 10.0 Å². The molecule has 130 valence electrons. The highest BCUT2D eigenvalue weighted by molar-refractivity contribution is 9.08. The van der Waals surface area contributed by atoms with Crippen molar-refractivity contribution in [2.45, 2.75) is 24.3 Å². The van der Waals surface area contributed by atoms with Crippen LogP contribution in [0.3, 0.4) is 0 Å². The number of alkyl halides is 1. The average Bonchev–Trinajstić information content (AvgIpc) is 2.97. The Morgan fingerprint density at radius 3 is 2.56 bits per heavy atom. The number of hydrogen-bond donors (Lipinski definition) is 0. The zero-order valence-corrected chi connectivity index (χ0v) is 16.2. The Morgan fingerprint density at radius 1 is 1.28 bits per heavy atom. The molecule has 1 aliphatic rings. The van der Waals surface area contributed by atoms with Gasteiger partial charge in [0, 0.05) is 44.6 Å². The minimum absolute atomic E-state index is 0.0523. The predicted octanol–water partition coefficient (Wildman–Crippen LogP) is 5.84. The SMILES string of the molecule is CC1(c2cc(Cl)cc(Cl)c2)CC(c2ccc(CBr)c([N+](=O)[O-])c2)=NO1. The van der Waals surface area contributed by atoms with Crippen LogP contribution in [0.15, 0.2) is 41.6 Å². The molecule has 2 aromatic rings. The highest BCUT2D eigenvalue weighted by Gasteiger charge is 2.37. The van der Waals surface area contributed by atoms with Crippen molar-refractivity contribution in [1.29, 1.82) is 0 Å². The number of benzene rings is 2. The third-order valence-electron chi connectivity index (χ3n) is 4.09. The molecule has 0 aromatic heterocycles. The van der Waals surface area contributed by atoms with Crippen molar-refractivity contribution in [2.24, 2.45) is 5.16 Å². The van der Waals surface area contributed by atoms with Crippen LogP contribution in [0.1, 0.15) is 30.0 Å². The molecular formula is C17H13BrCl2N2O3. The van der Waals surface area contributed by atoms with Gasteiger partial charge in [0.05, 0.1) is 10.6 Å². The molecule has 1 aliphatic heterocycles. The lowest BCUT2D eigenvalue weighted by Gasteiger charge is -2.22. The lowest BCUT2D eigenvalue weighted by Crippen LogP contribution is -2.22. The first-order chi connectivity index (χ1) is 11.8. The minimum atomic E-state index is -0.729. The van der Waals surface area contributed by atoms with Crippen molar-refractivity contribution in [3.8, 4) is 0 Å². The van der Waals surface area contributed by atoms with Gasteiger partial charge in [0.2, 0.25) is 0 Å². The summed E-state index contributed by atoms with van der Waals surface area (Å²) < 4.78 is 0. The second-order valence-corrected chi connectivity index (χ2v) is 7.36. The van der Waals surface area contributed by atoms with Gasteiger partial charge in [-0.1, -0.05) is 56.4 Å². The molecule has 0 fully saturated rings. The second kappa shape index (κ2) is 6.94. The lowest BCUT2D eigenvalue weighted by molar-refractivity contribution is -0.385. The Kier molecular flexibility index (Phi) is 5.04. The first-order valence-corrected chi connectivity index (χ1v) is 9.25. The molecule has 0 saturated carbocycles. The minimum Gasteiger partial charge on any atom is -0.384 e. The van der Waals surface area contributed by atoms with Gasteiger partial charge < -0.3 is 4.84 Å². The first-order valence-electron chi connectivity index (χ1n) is 7.38. The molecule has 8 heteroatoms. The zero-order chi connectivity index (χ0) is 18.2. The number of nitro groups is 1. The van der Waals surface area contributed by atoms with Gasteiger partial charge in [-0.25, -0.2) is 0 Å². The molecule has 5 nitrogen and oxygen atoms in total. The topological polar surface area (TPSA) is 64.7 Å². The van der Waals surface area contributed by atoms with E-state index < -0.39 is 10.5 Å². The highest BCUT2D eigenvalue weighted by Crippen LogP contribution is 2.38. The maximum Gasteiger partial charge on any atom is 0.274 e. The Bertz CT molecular complexity index is 868. The molecule has 0 bridgehead atoms. The molecule has 2 aromatic carbocycles. The van der Waals surface area contributed by atoms with Crippen molar-refractivity contribution < 1.29 is 9.76 Å². The van der Waals surface area contributed by atoms with Crippen LogP contribution in [0.5, 0.6) is 0 Å². The summed E-state index contributed by atoms with van der Waals surface area (Å²) >= 11 is 15.4. The molecule has 1 atom stereocenters. The molecule has 0 spiro atoms. The molecule has 0 radical (unpaired) electrons. The quantitative estimate of drug-likeness (QED) is 0.339. The standard InChI is InChI=1S/C17H13BrCl2N2O3/c1-17(12-5-13(19)7-14(20)6-12)8-15(21-25-17)10-2-3-11(9-18)16(4-10)22(23)24/h2-7H,8-9H2,1H3. The monoisotopic (exact) mass is 442 g/mol. The Hall–Kier alpha value is -1.63. The van der Waals surface area contributed by atoms with E-state index in [1.54, 1.807) is 24.3 Å². The molecule has 25 heavy (non-hydrogen) atoms. The number of halogens is 3. The van der Waals surface area contributed by atoms with E-state index in [0.29, 0.717) is 38.6 Å². The van der Waals surface area contributed by atoms with Crippen LogP contribution in [0, 0.1) is 10.1 Å². The van der Waals surface area contributed by atoms with E-state index >= 15 is 0 Å². The third kappa shape index (κ3) is 3.66. The van der Waals surface area contributed by atoms with Crippen LogP contribution in [-0.2, 0) is 15.8 Å².